The zero-order valence-electron chi connectivity index (χ0n) is 9.64. The van der Waals surface area contributed by atoms with E-state index >= 15 is 0 Å². The van der Waals surface area contributed by atoms with E-state index in [2.05, 4.69) is 20.9 Å². The molecule has 0 aliphatic rings. The highest BCUT2D eigenvalue weighted by atomic mass is 79.9. The molecule has 0 amide bonds. The lowest BCUT2D eigenvalue weighted by molar-refractivity contribution is 0.457. The fourth-order valence-electron chi connectivity index (χ4n) is 1.73. The Balaban J connectivity index is 2.00. The van der Waals surface area contributed by atoms with Crippen molar-refractivity contribution in [1.82, 2.24) is 9.38 Å². The zero-order chi connectivity index (χ0) is 13.4. The van der Waals surface area contributed by atoms with Gasteiger partial charge in [0.15, 0.2) is 4.96 Å². The average molecular weight is 342 g/mol. The molecule has 19 heavy (non-hydrogen) atoms. The van der Waals surface area contributed by atoms with Crippen molar-refractivity contribution in [2.24, 2.45) is 5.73 Å². The number of thiazole rings is 1. The third-order valence-electron chi connectivity index (χ3n) is 2.62. The van der Waals surface area contributed by atoms with Crippen molar-refractivity contribution in [3.05, 3.63) is 45.8 Å². The Labute approximate surface area is 120 Å². The summed E-state index contributed by atoms with van der Waals surface area (Å²) >= 11 is 4.62. The summed E-state index contributed by atoms with van der Waals surface area (Å²) in [5.41, 5.74) is 6.51. The summed E-state index contributed by atoms with van der Waals surface area (Å²) in [6.45, 7) is 0.315. The van der Waals surface area contributed by atoms with Crippen molar-refractivity contribution in [3.63, 3.8) is 0 Å². The van der Waals surface area contributed by atoms with Gasteiger partial charge in [-0.3, -0.25) is 4.40 Å². The molecule has 1 aromatic carbocycles. The van der Waals surface area contributed by atoms with E-state index in [-0.39, 0.29) is 5.82 Å². The summed E-state index contributed by atoms with van der Waals surface area (Å²) in [6, 6.07) is 4.44. The highest BCUT2D eigenvalue weighted by Crippen LogP contribution is 2.29. The summed E-state index contributed by atoms with van der Waals surface area (Å²) < 4.78 is 21.1. The predicted octanol–water partition coefficient (Wildman–Crippen LogP) is 3.55. The van der Waals surface area contributed by atoms with E-state index < -0.39 is 0 Å². The smallest absolute Gasteiger partial charge is 0.243 e. The number of aromatic nitrogens is 2. The number of rotatable bonds is 3. The van der Waals surface area contributed by atoms with Crippen LogP contribution in [0.1, 0.15) is 5.69 Å². The number of nitrogens with zero attached hydrogens (tertiary/aromatic N) is 2. The van der Waals surface area contributed by atoms with Crippen molar-refractivity contribution in [3.8, 4) is 11.6 Å². The molecule has 0 spiro atoms. The number of benzene rings is 1. The normalized spacial score (nSPS) is 11.1. The van der Waals surface area contributed by atoms with E-state index in [1.165, 1.54) is 17.4 Å². The first kappa shape index (κ1) is 12.6. The minimum Gasteiger partial charge on any atom is -0.437 e. The monoisotopic (exact) mass is 341 g/mol. The number of hydrogen-bond acceptors (Lipinski definition) is 4. The highest BCUT2D eigenvalue weighted by molar-refractivity contribution is 9.10. The Morgan fingerprint density at radius 3 is 3.05 bits per heavy atom. The molecule has 0 saturated carbocycles. The molecule has 2 aromatic heterocycles. The summed E-state index contributed by atoms with van der Waals surface area (Å²) in [5, 5.41) is 1.93. The van der Waals surface area contributed by atoms with E-state index in [1.807, 2.05) is 16.0 Å². The maximum atomic E-state index is 13.2. The van der Waals surface area contributed by atoms with Gasteiger partial charge in [0.25, 0.3) is 0 Å². The van der Waals surface area contributed by atoms with Crippen molar-refractivity contribution < 1.29 is 9.13 Å². The van der Waals surface area contributed by atoms with Gasteiger partial charge in [0.05, 0.1) is 4.47 Å². The van der Waals surface area contributed by atoms with Crippen LogP contribution >= 0.6 is 27.3 Å². The molecule has 3 aromatic rings. The summed E-state index contributed by atoms with van der Waals surface area (Å²) in [4.78, 5) is 5.18. The molecule has 2 N–H and O–H groups in total. The number of halogens is 2. The van der Waals surface area contributed by atoms with E-state index in [0.29, 0.717) is 22.6 Å². The first-order valence-corrected chi connectivity index (χ1v) is 7.13. The van der Waals surface area contributed by atoms with Crippen LogP contribution in [0.25, 0.3) is 4.96 Å². The fraction of sp³-hybridized carbons (Fsp3) is 0.0833. The van der Waals surface area contributed by atoms with Gasteiger partial charge in [0.2, 0.25) is 5.88 Å². The van der Waals surface area contributed by atoms with Crippen LogP contribution in [0.2, 0.25) is 0 Å². The Morgan fingerprint density at radius 1 is 1.47 bits per heavy atom. The lowest BCUT2D eigenvalue weighted by atomic mass is 10.3. The third kappa shape index (κ3) is 2.24. The molecule has 0 bridgehead atoms. The number of fused-ring (bicyclic) bond motifs is 1. The first-order valence-electron chi connectivity index (χ1n) is 5.46. The number of ether oxygens (including phenoxy) is 1. The van der Waals surface area contributed by atoms with Crippen LogP contribution in [0.5, 0.6) is 11.6 Å². The van der Waals surface area contributed by atoms with Gasteiger partial charge in [-0.25, -0.2) is 4.39 Å². The summed E-state index contributed by atoms with van der Waals surface area (Å²) in [7, 11) is 0. The molecule has 0 aliphatic carbocycles. The molecule has 0 fully saturated rings. The van der Waals surface area contributed by atoms with E-state index in [0.717, 1.165) is 10.7 Å². The third-order valence-corrected chi connectivity index (χ3v) is 3.99. The molecule has 3 rings (SSSR count). The van der Waals surface area contributed by atoms with Crippen molar-refractivity contribution in [2.45, 2.75) is 6.54 Å². The molecular weight excluding hydrogens is 333 g/mol. The largest absolute Gasteiger partial charge is 0.437 e. The number of hydrogen-bond donors (Lipinski definition) is 1. The van der Waals surface area contributed by atoms with Crippen LogP contribution in [0.15, 0.2) is 34.2 Å². The summed E-state index contributed by atoms with van der Waals surface area (Å²) in [6.07, 6.45) is 1.89. The van der Waals surface area contributed by atoms with Crippen LogP contribution in [0, 0.1) is 5.82 Å². The maximum absolute atomic E-state index is 13.2. The number of imidazole rings is 1. The topological polar surface area (TPSA) is 52.5 Å². The van der Waals surface area contributed by atoms with Crippen LogP contribution in [0.4, 0.5) is 4.39 Å². The van der Waals surface area contributed by atoms with Crippen molar-refractivity contribution in [1.29, 1.82) is 0 Å². The second-order valence-corrected chi connectivity index (χ2v) is 5.53. The molecule has 4 nitrogen and oxygen atoms in total. The Morgan fingerprint density at radius 2 is 2.32 bits per heavy atom. The van der Waals surface area contributed by atoms with Gasteiger partial charge in [-0.2, -0.15) is 4.98 Å². The van der Waals surface area contributed by atoms with Crippen LogP contribution < -0.4 is 10.5 Å². The van der Waals surface area contributed by atoms with Gasteiger partial charge in [0.1, 0.15) is 17.3 Å². The van der Waals surface area contributed by atoms with Crippen LogP contribution in [-0.2, 0) is 6.54 Å². The van der Waals surface area contributed by atoms with Crippen molar-refractivity contribution >= 4 is 32.2 Å². The maximum Gasteiger partial charge on any atom is 0.243 e. The van der Waals surface area contributed by atoms with Gasteiger partial charge in [-0.15, -0.1) is 11.3 Å². The minimum atomic E-state index is -0.336. The molecule has 0 radical (unpaired) electrons. The molecule has 0 aliphatic heterocycles. The standard InChI is InChI=1S/C12H9BrFN3OS/c13-8-5-7(1-2-9(8)14)18-11-10(6-15)17-3-4-19-12(17)16-11/h1-5H,6,15H2. The molecule has 2 heterocycles. The van der Waals surface area contributed by atoms with Gasteiger partial charge in [0, 0.05) is 18.1 Å². The Bertz CT molecular complexity index is 740. The second kappa shape index (κ2) is 4.92. The second-order valence-electron chi connectivity index (χ2n) is 3.80. The molecule has 0 atom stereocenters. The SMILES string of the molecule is NCc1c(Oc2ccc(F)c(Br)c2)nc2sccn12. The Hall–Kier alpha value is -1.44. The molecular formula is C12H9BrFN3OS. The van der Waals surface area contributed by atoms with Gasteiger partial charge < -0.3 is 10.5 Å². The minimum absolute atomic E-state index is 0.315. The average Bonchev–Trinajstić information content (AvgIpc) is 2.94. The molecule has 7 heteroatoms. The van der Waals surface area contributed by atoms with Crippen LogP contribution in [-0.4, -0.2) is 9.38 Å². The zero-order valence-corrected chi connectivity index (χ0v) is 12.0. The lowest BCUT2D eigenvalue weighted by Crippen LogP contribution is -2.01. The van der Waals surface area contributed by atoms with Gasteiger partial charge in [-0.1, -0.05) is 0 Å². The van der Waals surface area contributed by atoms with Crippen LogP contribution in [0.3, 0.4) is 0 Å². The molecule has 0 unspecified atom stereocenters. The Kier molecular flexibility index (Phi) is 3.26. The van der Waals surface area contributed by atoms with E-state index in [9.17, 15) is 4.39 Å². The highest BCUT2D eigenvalue weighted by Gasteiger charge is 2.14. The van der Waals surface area contributed by atoms with E-state index in [1.54, 1.807) is 12.1 Å². The fourth-order valence-corrected chi connectivity index (χ4v) is 2.81. The number of nitrogens with two attached hydrogens (primary N) is 1. The summed E-state index contributed by atoms with van der Waals surface area (Å²) in [5.74, 6) is 0.624. The van der Waals surface area contributed by atoms with Gasteiger partial charge >= 0.3 is 0 Å². The molecule has 0 saturated heterocycles. The lowest BCUT2D eigenvalue weighted by Gasteiger charge is -2.05. The van der Waals surface area contributed by atoms with E-state index in [4.69, 9.17) is 10.5 Å². The molecule has 98 valence electrons. The first-order chi connectivity index (χ1) is 9.19. The van der Waals surface area contributed by atoms with Gasteiger partial charge in [-0.05, 0) is 34.1 Å². The predicted molar refractivity (Wildman–Crippen MR) is 75.1 cm³/mol. The van der Waals surface area contributed by atoms with Crippen molar-refractivity contribution in [2.75, 3.05) is 0 Å². The quantitative estimate of drug-likeness (QED) is 0.792.